The highest BCUT2D eigenvalue weighted by Crippen LogP contribution is 2.26. The SMILES string of the molecule is CCCOc1nc(NC)nc(N)c1N.CNc1nc(N)nc(OCC(C)C)c1N. The molecule has 0 bridgehead atoms. The predicted molar refractivity (Wildman–Crippen MR) is 117 cm³/mol. The molecule has 0 fully saturated rings. The molecule has 0 aliphatic heterocycles. The molecule has 2 heterocycles. The zero-order chi connectivity index (χ0) is 22.0. The highest BCUT2D eigenvalue weighted by atomic mass is 16.5. The Balaban J connectivity index is 0.000000291. The normalized spacial score (nSPS) is 10.1. The molecule has 2 aromatic heterocycles. The lowest BCUT2D eigenvalue weighted by Crippen LogP contribution is -2.11. The van der Waals surface area contributed by atoms with Crippen LogP contribution in [0.3, 0.4) is 0 Å². The Morgan fingerprint density at radius 3 is 2.07 bits per heavy atom. The molecule has 0 radical (unpaired) electrons. The fourth-order valence-corrected chi connectivity index (χ4v) is 1.90. The summed E-state index contributed by atoms with van der Waals surface area (Å²) in [6.45, 7) is 7.19. The van der Waals surface area contributed by atoms with Crippen LogP contribution in [0, 0.1) is 5.92 Å². The highest BCUT2D eigenvalue weighted by Gasteiger charge is 2.11. The average molecular weight is 409 g/mol. The summed E-state index contributed by atoms with van der Waals surface area (Å²) in [5.41, 5.74) is 23.2. The van der Waals surface area contributed by atoms with Crippen molar-refractivity contribution in [2.24, 2.45) is 5.92 Å². The number of aromatic nitrogens is 4. The van der Waals surface area contributed by atoms with Gasteiger partial charge in [0.1, 0.15) is 11.4 Å². The third kappa shape index (κ3) is 7.24. The van der Waals surface area contributed by atoms with E-state index in [4.69, 9.17) is 32.4 Å². The maximum atomic E-state index is 5.78. The van der Waals surface area contributed by atoms with Gasteiger partial charge in [0.25, 0.3) is 0 Å². The van der Waals surface area contributed by atoms with Gasteiger partial charge in [0.15, 0.2) is 11.6 Å². The summed E-state index contributed by atoms with van der Waals surface area (Å²) in [6.07, 6.45) is 0.887. The average Bonchev–Trinajstić information content (AvgIpc) is 2.69. The van der Waals surface area contributed by atoms with Gasteiger partial charge in [-0.25, -0.2) is 0 Å². The molecule has 12 nitrogen and oxygen atoms in total. The van der Waals surface area contributed by atoms with Crippen molar-refractivity contribution in [1.82, 2.24) is 19.9 Å². The Hall–Kier alpha value is -3.44. The first-order valence-electron chi connectivity index (χ1n) is 9.20. The van der Waals surface area contributed by atoms with Gasteiger partial charge < -0.3 is 43.0 Å². The number of rotatable bonds is 8. The van der Waals surface area contributed by atoms with E-state index in [0.717, 1.165) is 6.42 Å². The van der Waals surface area contributed by atoms with E-state index in [0.29, 0.717) is 48.3 Å². The lowest BCUT2D eigenvalue weighted by molar-refractivity contribution is 0.263. The van der Waals surface area contributed by atoms with Crippen LogP contribution in [0.5, 0.6) is 11.8 Å². The van der Waals surface area contributed by atoms with Crippen molar-refractivity contribution in [2.45, 2.75) is 27.2 Å². The number of anilines is 6. The van der Waals surface area contributed by atoms with Gasteiger partial charge in [-0.15, -0.1) is 0 Å². The van der Waals surface area contributed by atoms with Gasteiger partial charge in [-0.2, -0.15) is 19.9 Å². The standard InChI is InChI=1S/C9H17N5O.C8H15N5O/c1-5(2)4-15-8-6(10)7(12-3)13-9(11)14-8;1-3-4-14-7-5(9)6(10)12-8(11-2)13-7/h5H,4,10H2,1-3H3,(H3,11,12,13,14);3-4,9H2,1-2H3,(H3,10,11,12,13). The summed E-state index contributed by atoms with van der Waals surface area (Å²) in [5.74, 6) is 2.34. The Bertz CT molecular complexity index is 785. The molecule has 0 aromatic carbocycles. The van der Waals surface area contributed by atoms with Gasteiger partial charge in [-0.05, 0) is 12.3 Å². The molecule has 0 unspecified atom stereocenters. The molecule has 0 aliphatic rings. The number of nitrogens with zero attached hydrogens (tertiary/aromatic N) is 4. The quantitative estimate of drug-likeness (QED) is 0.365. The zero-order valence-corrected chi connectivity index (χ0v) is 17.6. The van der Waals surface area contributed by atoms with Gasteiger partial charge >= 0.3 is 0 Å². The second kappa shape index (κ2) is 11.4. The summed E-state index contributed by atoms with van der Waals surface area (Å²) >= 11 is 0. The van der Waals surface area contributed by atoms with Gasteiger partial charge in [0.2, 0.25) is 23.7 Å². The van der Waals surface area contributed by atoms with Crippen molar-refractivity contribution in [1.29, 1.82) is 0 Å². The minimum atomic E-state index is 0.146. The summed E-state index contributed by atoms with van der Waals surface area (Å²) in [6, 6.07) is 0. The van der Waals surface area contributed by atoms with E-state index in [1.807, 2.05) is 20.8 Å². The van der Waals surface area contributed by atoms with Crippen LogP contribution in [0.4, 0.5) is 34.9 Å². The maximum absolute atomic E-state index is 5.78. The van der Waals surface area contributed by atoms with Crippen molar-refractivity contribution >= 4 is 34.9 Å². The van der Waals surface area contributed by atoms with Gasteiger partial charge in [0.05, 0.1) is 13.2 Å². The number of nitrogens with two attached hydrogens (primary N) is 4. The Kier molecular flexibility index (Phi) is 9.29. The number of nitrogen functional groups attached to an aromatic ring is 4. The lowest BCUT2D eigenvalue weighted by atomic mass is 10.2. The van der Waals surface area contributed by atoms with Crippen LogP contribution in [0.1, 0.15) is 27.2 Å². The van der Waals surface area contributed by atoms with Crippen LogP contribution >= 0.6 is 0 Å². The number of hydrogen-bond acceptors (Lipinski definition) is 12. The third-order valence-corrected chi connectivity index (χ3v) is 3.32. The molecular formula is C17H32N10O2. The molecular weight excluding hydrogens is 376 g/mol. The van der Waals surface area contributed by atoms with E-state index in [-0.39, 0.29) is 17.5 Å². The maximum Gasteiger partial charge on any atom is 0.244 e. The minimum Gasteiger partial charge on any atom is -0.476 e. The Morgan fingerprint density at radius 2 is 1.52 bits per heavy atom. The van der Waals surface area contributed by atoms with Crippen molar-refractivity contribution in [2.75, 3.05) is 60.9 Å². The van der Waals surface area contributed by atoms with Gasteiger partial charge in [-0.3, -0.25) is 0 Å². The second-order valence-corrected chi connectivity index (χ2v) is 6.35. The van der Waals surface area contributed by atoms with Crippen molar-refractivity contribution < 1.29 is 9.47 Å². The molecule has 0 amide bonds. The molecule has 29 heavy (non-hydrogen) atoms. The summed E-state index contributed by atoms with van der Waals surface area (Å²) in [4.78, 5) is 15.8. The third-order valence-electron chi connectivity index (χ3n) is 3.32. The molecule has 0 saturated carbocycles. The molecule has 162 valence electrons. The van der Waals surface area contributed by atoms with Crippen LogP contribution in [0.25, 0.3) is 0 Å². The van der Waals surface area contributed by atoms with E-state index in [2.05, 4.69) is 30.6 Å². The second-order valence-electron chi connectivity index (χ2n) is 6.35. The lowest BCUT2D eigenvalue weighted by Gasteiger charge is -2.12. The largest absolute Gasteiger partial charge is 0.476 e. The van der Waals surface area contributed by atoms with Crippen LogP contribution in [-0.4, -0.2) is 47.2 Å². The predicted octanol–water partition coefficient (Wildman–Crippen LogP) is 1.19. The molecule has 0 atom stereocenters. The first-order valence-corrected chi connectivity index (χ1v) is 9.20. The first kappa shape index (κ1) is 23.6. The van der Waals surface area contributed by atoms with Crippen LogP contribution in [0.2, 0.25) is 0 Å². The monoisotopic (exact) mass is 408 g/mol. The van der Waals surface area contributed by atoms with Crippen molar-refractivity contribution in [3.8, 4) is 11.8 Å². The molecule has 0 aliphatic carbocycles. The van der Waals surface area contributed by atoms with Crippen molar-refractivity contribution in [3.05, 3.63) is 0 Å². The van der Waals surface area contributed by atoms with Gasteiger partial charge in [0, 0.05) is 14.1 Å². The molecule has 2 rings (SSSR count). The molecule has 2 aromatic rings. The zero-order valence-electron chi connectivity index (χ0n) is 17.6. The first-order chi connectivity index (χ1) is 13.7. The minimum absolute atomic E-state index is 0.146. The summed E-state index contributed by atoms with van der Waals surface area (Å²) in [5, 5.41) is 5.60. The van der Waals surface area contributed by atoms with E-state index in [1.54, 1.807) is 14.1 Å². The summed E-state index contributed by atoms with van der Waals surface area (Å²) < 4.78 is 10.7. The fourth-order valence-electron chi connectivity index (χ4n) is 1.90. The van der Waals surface area contributed by atoms with Crippen LogP contribution in [-0.2, 0) is 0 Å². The van der Waals surface area contributed by atoms with E-state index < -0.39 is 0 Å². The van der Waals surface area contributed by atoms with E-state index >= 15 is 0 Å². The Labute approximate surface area is 170 Å². The van der Waals surface area contributed by atoms with Gasteiger partial charge in [-0.1, -0.05) is 20.8 Å². The number of ether oxygens (including phenoxy) is 2. The smallest absolute Gasteiger partial charge is 0.244 e. The molecule has 0 spiro atoms. The van der Waals surface area contributed by atoms with Crippen LogP contribution < -0.4 is 43.0 Å². The number of nitrogens with one attached hydrogen (secondary N) is 2. The summed E-state index contributed by atoms with van der Waals surface area (Å²) in [7, 11) is 3.42. The van der Waals surface area contributed by atoms with Crippen LogP contribution in [0.15, 0.2) is 0 Å². The fraction of sp³-hybridized carbons (Fsp3) is 0.529. The highest BCUT2D eigenvalue weighted by molar-refractivity contribution is 5.68. The number of hydrogen-bond donors (Lipinski definition) is 6. The molecule has 0 saturated heterocycles. The molecule has 10 N–H and O–H groups in total. The topological polar surface area (TPSA) is 198 Å². The van der Waals surface area contributed by atoms with E-state index in [9.17, 15) is 0 Å². The molecule has 12 heteroatoms. The van der Waals surface area contributed by atoms with E-state index in [1.165, 1.54) is 0 Å². The van der Waals surface area contributed by atoms with Crippen molar-refractivity contribution in [3.63, 3.8) is 0 Å². The Morgan fingerprint density at radius 1 is 0.862 bits per heavy atom.